The lowest BCUT2D eigenvalue weighted by Gasteiger charge is -1.97. The summed E-state index contributed by atoms with van der Waals surface area (Å²) in [7, 11) is 0. The van der Waals surface area contributed by atoms with Crippen LogP contribution in [0.2, 0.25) is 0 Å². The van der Waals surface area contributed by atoms with Crippen molar-refractivity contribution in [1.82, 2.24) is 4.98 Å². The maximum Gasteiger partial charge on any atom is 0.203 e. The SMILES string of the molecule is Br.Cc1ccc(-c2csc(N/N=C/c3ccco3)n2)cc1. The summed E-state index contributed by atoms with van der Waals surface area (Å²) in [4.78, 5) is 4.49. The number of hydrogen-bond acceptors (Lipinski definition) is 5. The van der Waals surface area contributed by atoms with Gasteiger partial charge in [-0.3, -0.25) is 5.43 Å². The Morgan fingerprint density at radius 3 is 2.76 bits per heavy atom. The standard InChI is InChI=1S/C15H13N3OS.BrH/c1-11-4-6-12(7-5-11)14-10-20-15(17-14)18-16-9-13-3-2-8-19-13;/h2-10H,1H3,(H,17,18);1H/b16-9+;. The molecule has 0 aliphatic carbocycles. The Kier molecular flexibility index (Phi) is 5.30. The third-order valence-electron chi connectivity index (χ3n) is 2.75. The van der Waals surface area contributed by atoms with E-state index in [1.807, 2.05) is 17.5 Å². The number of benzene rings is 1. The number of aryl methyl sites for hydroxylation is 1. The summed E-state index contributed by atoms with van der Waals surface area (Å²) in [6, 6.07) is 12.0. The molecule has 108 valence electrons. The number of hydrogen-bond donors (Lipinski definition) is 1. The predicted molar refractivity (Wildman–Crippen MR) is 92.5 cm³/mol. The van der Waals surface area contributed by atoms with E-state index in [0.29, 0.717) is 5.76 Å². The molecule has 0 saturated carbocycles. The van der Waals surface area contributed by atoms with Gasteiger partial charge in [-0.05, 0) is 19.1 Å². The van der Waals surface area contributed by atoms with Crippen molar-refractivity contribution in [3.05, 3.63) is 59.4 Å². The molecule has 1 N–H and O–H groups in total. The zero-order valence-electron chi connectivity index (χ0n) is 11.3. The summed E-state index contributed by atoms with van der Waals surface area (Å²) in [5.74, 6) is 0.702. The molecule has 0 aliphatic heterocycles. The lowest BCUT2D eigenvalue weighted by atomic mass is 10.1. The van der Waals surface area contributed by atoms with Crippen LogP contribution in [0, 0.1) is 6.92 Å². The van der Waals surface area contributed by atoms with Gasteiger partial charge in [0.25, 0.3) is 0 Å². The second-order valence-corrected chi connectivity index (χ2v) is 5.15. The molecule has 21 heavy (non-hydrogen) atoms. The zero-order valence-corrected chi connectivity index (χ0v) is 13.8. The van der Waals surface area contributed by atoms with Gasteiger partial charge >= 0.3 is 0 Å². The molecule has 0 saturated heterocycles. The average molecular weight is 364 g/mol. The minimum Gasteiger partial charge on any atom is -0.463 e. The normalized spacial score (nSPS) is 10.5. The summed E-state index contributed by atoms with van der Waals surface area (Å²) in [6.45, 7) is 2.07. The predicted octanol–water partition coefficient (Wildman–Crippen LogP) is 4.74. The van der Waals surface area contributed by atoms with Crippen molar-refractivity contribution in [3.8, 4) is 11.3 Å². The summed E-state index contributed by atoms with van der Waals surface area (Å²) >= 11 is 1.52. The third kappa shape index (κ3) is 4.03. The van der Waals surface area contributed by atoms with Gasteiger partial charge in [-0.1, -0.05) is 29.8 Å². The van der Waals surface area contributed by atoms with Gasteiger partial charge < -0.3 is 4.42 Å². The number of rotatable bonds is 4. The molecule has 3 aromatic rings. The Bertz CT molecular complexity index is 705. The van der Waals surface area contributed by atoms with E-state index in [9.17, 15) is 0 Å². The van der Waals surface area contributed by atoms with E-state index in [4.69, 9.17) is 4.42 Å². The molecular formula is C15H14BrN3OS. The van der Waals surface area contributed by atoms with E-state index in [1.54, 1.807) is 12.5 Å². The fourth-order valence-electron chi connectivity index (χ4n) is 1.70. The Hall–Kier alpha value is -1.92. The maximum absolute atomic E-state index is 5.15. The molecule has 2 aromatic heterocycles. The molecule has 0 aliphatic rings. The molecule has 6 heteroatoms. The quantitative estimate of drug-likeness (QED) is 0.538. The van der Waals surface area contributed by atoms with Crippen molar-refractivity contribution in [2.24, 2.45) is 5.10 Å². The number of aromatic nitrogens is 1. The van der Waals surface area contributed by atoms with Gasteiger partial charge in [0.2, 0.25) is 5.13 Å². The minimum atomic E-state index is 0. The number of thiazole rings is 1. The minimum absolute atomic E-state index is 0. The van der Waals surface area contributed by atoms with Gasteiger partial charge in [0.1, 0.15) is 5.76 Å². The first-order chi connectivity index (χ1) is 9.81. The van der Waals surface area contributed by atoms with Gasteiger partial charge in [-0.15, -0.1) is 28.3 Å². The fraction of sp³-hybridized carbons (Fsp3) is 0.0667. The van der Waals surface area contributed by atoms with Crippen LogP contribution in [0.15, 0.2) is 57.6 Å². The molecule has 0 spiro atoms. The Morgan fingerprint density at radius 1 is 1.24 bits per heavy atom. The van der Waals surface area contributed by atoms with Crippen molar-refractivity contribution in [2.75, 3.05) is 5.43 Å². The van der Waals surface area contributed by atoms with Gasteiger partial charge in [0, 0.05) is 10.9 Å². The van der Waals surface area contributed by atoms with Crippen molar-refractivity contribution in [3.63, 3.8) is 0 Å². The summed E-state index contributed by atoms with van der Waals surface area (Å²) < 4.78 is 5.15. The number of anilines is 1. The Balaban J connectivity index is 0.00000161. The highest BCUT2D eigenvalue weighted by molar-refractivity contribution is 8.93. The highest BCUT2D eigenvalue weighted by atomic mass is 79.9. The highest BCUT2D eigenvalue weighted by Gasteiger charge is 2.03. The first-order valence-corrected chi connectivity index (χ1v) is 7.04. The monoisotopic (exact) mass is 363 g/mol. The molecule has 0 fully saturated rings. The number of nitrogens with zero attached hydrogens (tertiary/aromatic N) is 2. The molecular weight excluding hydrogens is 350 g/mol. The molecule has 0 bridgehead atoms. The summed E-state index contributed by atoms with van der Waals surface area (Å²) in [5.41, 5.74) is 6.20. The largest absolute Gasteiger partial charge is 0.463 e. The van der Waals surface area contributed by atoms with Crippen LogP contribution in [0.25, 0.3) is 11.3 Å². The third-order valence-corrected chi connectivity index (χ3v) is 3.49. The van der Waals surface area contributed by atoms with E-state index >= 15 is 0 Å². The summed E-state index contributed by atoms with van der Waals surface area (Å²) in [5, 5.41) is 6.85. The molecule has 0 radical (unpaired) electrons. The molecule has 0 amide bonds. The number of hydrazone groups is 1. The van der Waals surface area contributed by atoms with Crippen LogP contribution in [-0.4, -0.2) is 11.2 Å². The zero-order chi connectivity index (χ0) is 13.8. The first-order valence-electron chi connectivity index (χ1n) is 6.16. The molecule has 3 rings (SSSR count). The second-order valence-electron chi connectivity index (χ2n) is 4.29. The van der Waals surface area contributed by atoms with E-state index in [2.05, 4.69) is 46.7 Å². The van der Waals surface area contributed by atoms with E-state index in [0.717, 1.165) is 16.4 Å². The Labute approximate surface area is 137 Å². The summed E-state index contributed by atoms with van der Waals surface area (Å²) in [6.07, 6.45) is 3.23. The lowest BCUT2D eigenvalue weighted by molar-refractivity contribution is 0.560. The number of nitrogens with one attached hydrogen (secondary N) is 1. The first kappa shape index (κ1) is 15.5. The average Bonchev–Trinajstić information content (AvgIpc) is 3.11. The molecule has 0 atom stereocenters. The van der Waals surface area contributed by atoms with Crippen molar-refractivity contribution < 1.29 is 4.42 Å². The second kappa shape index (κ2) is 7.19. The van der Waals surface area contributed by atoms with E-state index < -0.39 is 0 Å². The smallest absolute Gasteiger partial charge is 0.203 e. The van der Waals surface area contributed by atoms with Crippen LogP contribution in [0.1, 0.15) is 11.3 Å². The maximum atomic E-state index is 5.15. The number of furan rings is 1. The van der Waals surface area contributed by atoms with Crippen molar-refractivity contribution in [1.29, 1.82) is 0 Å². The van der Waals surface area contributed by atoms with Crippen LogP contribution in [0.3, 0.4) is 0 Å². The Morgan fingerprint density at radius 2 is 2.05 bits per heavy atom. The lowest BCUT2D eigenvalue weighted by Crippen LogP contribution is -1.89. The highest BCUT2D eigenvalue weighted by Crippen LogP contribution is 2.24. The van der Waals surface area contributed by atoms with Crippen LogP contribution in [-0.2, 0) is 0 Å². The molecule has 4 nitrogen and oxygen atoms in total. The van der Waals surface area contributed by atoms with E-state index in [-0.39, 0.29) is 17.0 Å². The van der Waals surface area contributed by atoms with E-state index in [1.165, 1.54) is 16.9 Å². The van der Waals surface area contributed by atoms with Crippen LogP contribution in [0.4, 0.5) is 5.13 Å². The van der Waals surface area contributed by atoms with Crippen LogP contribution >= 0.6 is 28.3 Å². The molecule has 0 unspecified atom stereocenters. The van der Waals surface area contributed by atoms with Gasteiger partial charge in [0.05, 0.1) is 18.2 Å². The fourth-order valence-corrected chi connectivity index (χ4v) is 2.37. The van der Waals surface area contributed by atoms with Crippen LogP contribution < -0.4 is 5.43 Å². The molecule has 1 aromatic carbocycles. The van der Waals surface area contributed by atoms with Crippen LogP contribution in [0.5, 0.6) is 0 Å². The van der Waals surface area contributed by atoms with Gasteiger partial charge in [0.15, 0.2) is 0 Å². The van der Waals surface area contributed by atoms with Crippen molar-refractivity contribution in [2.45, 2.75) is 6.92 Å². The van der Waals surface area contributed by atoms with Crippen molar-refractivity contribution >= 4 is 39.7 Å². The topological polar surface area (TPSA) is 50.4 Å². The molecule has 2 heterocycles. The number of halogens is 1. The van der Waals surface area contributed by atoms with Gasteiger partial charge in [-0.2, -0.15) is 5.10 Å². The van der Waals surface area contributed by atoms with Gasteiger partial charge in [-0.25, -0.2) is 4.98 Å².